The quantitative estimate of drug-likeness (QED) is 0.756. The van der Waals surface area contributed by atoms with Gasteiger partial charge in [-0.2, -0.15) is 0 Å². The monoisotopic (exact) mass is 426 g/mol. The number of piperidine rings is 2. The van der Waals surface area contributed by atoms with Gasteiger partial charge in [0.15, 0.2) is 0 Å². The van der Waals surface area contributed by atoms with Crippen molar-refractivity contribution in [1.82, 2.24) is 25.5 Å². The largest absolute Gasteiger partial charge is 0.357 e. The van der Waals surface area contributed by atoms with Crippen LogP contribution in [0, 0.1) is 12.8 Å². The topological polar surface area (TPSA) is 104 Å². The third-order valence-corrected chi connectivity index (χ3v) is 6.15. The van der Waals surface area contributed by atoms with Crippen molar-refractivity contribution < 1.29 is 14.2 Å². The molecule has 0 aromatic carbocycles. The fourth-order valence-electron chi connectivity index (χ4n) is 4.37. The highest BCUT2D eigenvalue weighted by Crippen LogP contribution is 2.23. The summed E-state index contributed by atoms with van der Waals surface area (Å²) >= 11 is 0. The minimum atomic E-state index is -0.0435. The standard InChI is InChI=1S/C22H30N6O3/c1-16-19(26-31-25-16)14-24-21(29)12-17-6-5-11-28(15-17)22(30)18-7-8-23-20(13-18)27-9-3-2-4-10-27/h7-8,13,17H,2-6,9-12,14-15H2,1H3,(H,24,29)/t17-/m0/s1. The van der Waals surface area contributed by atoms with Gasteiger partial charge in [-0.1, -0.05) is 10.3 Å². The van der Waals surface area contributed by atoms with Crippen LogP contribution < -0.4 is 10.2 Å². The van der Waals surface area contributed by atoms with Crippen LogP contribution in [-0.2, 0) is 11.3 Å². The van der Waals surface area contributed by atoms with E-state index in [0.717, 1.165) is 38.3 Å². The summed E-state index contributed by atoms with van der Waals surface area (Å²) in [6.07, 6.45) is 7.56. The zero-order valence-electron chi connectivity index (χ0n) is 18.0. The minimum Gasteiger partial charge on any atom is -0.357 e. The number of rotatable bonds is 6. The molecule has 2 saturated heterocycles. The van der Waals surface area contributed by atoms with E-state index in [1.807, 2.05) is 11.0 Å². The van der Waals surface area contributed by atoms with E-state index in [1.165, 1.54) is 19.3 Å². The number of aryl methyl sites for hydroxylation is 1. The van der Waals surface area contributed by atoms with Gasteiger partial charge in [-0.25, -0.2) is 9.61 Å². The minimum absolute atomic E-state index is 0.0232. The van der Waals surface area contributed by atoms with Crippen LogP contribution in [0.4, 0.5) is 5.82 Å². The van der Waals surface area contributed by atoms with Crippen molar-refractivity contribution >= 4 is 17.6 Å². The highest BCUT2D eigenvalue weighted by Gasteiger charge is 2.27. The zero-order valence-corrected chi connectivity index (χ0v) is 18.0. The Hall–Kier alpha value is -2.97. The molecule has 2 fully saturated rings. The predicted molar refractivity (Wildman–Crippen MR) is 114 cm³/mol. The molecule has 0 saturated carbocycles. The van der Waals surface area contributed by atoms with Gasteiger partial charge in [0.25, 0.3) is 5.91 Å². The van der Waals surface area contributed by atoms with Crippen LogP contribution in [-0.4, -0.2) is 58.2 Å². The second kappa shape index (κ2) is 9.89. The fourth-order valence-corrected chi connectivity index (χ4v) is 4.37. The van der Waals surface area contributed by atoms with Crippen molar-refractivity contribution in [2.75, 3.05) is 31.1 Å². The number of aromatic nitrogens is 3. The molecule has 2 aliphatic heterocycles. The Bertz CT molecular complexity index is 908. The second-order valence-corrected chi connectivity index (χ2v) is 8.49. The maximum Gasteiger partial charge on any atom is 0.254 e. The van der Waals surface area contributed by atoms with Crippen LogP contribution in [0.2, 0.25) is 0 Å². The van der Waals surface area contributed by atoms with Crippen molar-refractivity contribution in [3.63, 3.8) is 0 Å². The van der Waals surface area contributed by atoms with Gasteiger partial charge in [0.1, 0.15) is 17.2 Å². The van der Waals surface area contributed by atoms with Crippen molar-refractivity contribution in [2.24, 2.45) is 5.92 Å². The molecule has 31 heavy (non-hydrogen) atoms. The molecule has 0 spiro atoms. The lowest BCUT2D eigenvalue weighted by atomic mass is 9.94. The number of carbonyl (C=O) groups is 2. The van der Waals surface area contributed by atoms with Crippen molar-refractivity contribution in [2.45, 2.75) is 52.0 Å². The summed E-state index contributed by atoms with van der Waals surface area (Å²) in [5.74, 6) is 1.02. The third-order valence-electron chi connectivity index (χ3n) is 6.15. The van der Waals surface area contributed by atoms with Gasteiger partial charge >= 0.3 is 0 Å². The molecule has 9 nitrogen and oxygen atoms in total. The van der Waals surface area contributed by atoms with Gasteiger partial charge in [0.2, 0.25) is 5.91 Å². The van der Waals surface area contributed by atoms with Gasteiger partial charge < -0.3 is 15.1 Å². The molecule has 0 bridgehead atoms. The van der Waals surface area contributed by atoms with E-state index in [9.17, 15) is 9.59 Å². The van der Waals surface area contributed by atoms with Crippen LogP contribution in [0.3, 0.4) is 0 Å². The maximum absolute atomic E-state index is 13.1. The van der Waals surface area contributed by atoms with Crippen LogP contribution >= 0.6 is 0 Å². The lowest BCUT2D eigenvalue weighted by Gasteiger charge is -2.33. The number of pyridine rings is 1. The number of hydrogen-bond acceptors (Lipinski definition) is 7. The van der Waals surface area contributed by atoms with Gasteiger partial charge in [-0.3, -0.25) is 9.59 Å². The summed E-state index contributed by atoms with van der Waals surface area (Å²) in [6, 6.07) is 3.71. The Morgan fingerprint density at radius 2 is 2.00 bits per heavy atom. The van der Waals surface area contributed by atoms with E-state index >= 15 is 0 Å². The summed E-state index contributed by atoms with van der Waals surface area (Å²) < 4.78 is 4.65. The second-order valence-electron chi connectivity index (χ2n) is 8.49. The first-order chi connectivity index (χ1) is 15.1. The lowest BCUT2D eigenvalue weighted by molar-refractivity contribution is -0.122. The molecule has 0 aliphatic carbocycles. The first-order valence-electron chi connectivity index (χ1n) is 11.1. The molecule has 4 heterocycles. The predicted octanol–water partition coefficient (Wildman–Crippen LogP) is 2.32. The van der Waals surface area contributed by atoms with E-state index in [-0.39, 0.29) is 17.7 Å². The summed E-state index contributed by atoms with van der Waals surface area (Å²) in [4.78, 5) is 34.1. The molecule has 2 aromatic heterocycles. The highest BCUT2D eigenvalue weighted by atomic mass is 16.6. The molecular weight excluding hydrogens is 396 g/mol. The first-order valence-corrected chi connectivity index (χ1v) is 11.1. The number of nitrogens with one attached hydrogen (secondary N) is 1. The van der Waals surface area contributed by atoms with E-state index in [1.54, 1.807) is 19.2 Å². The Balaban J connectivity index is 1.32. The number of anilines is 1. The molecule has 9 heteroatoms. The Labute approximate surface area is 182 Å². The summed E-state index contributed by atoms with van der Waals surface area (Å²) in [6.45, 7) is 5.41. The molecule has 1 atom stereocenters. The summed E-state index contributed by atoms with van der Waals surface area (Å²) in [7, 11) is 0. The van der Waals surface area contributed by atoms with E-state index in [4.69, 9.17) is 0 Å². The van der Waals surface area contributed by atoms with Gasteiger partial charge in [0, 0.05) is 44.4 Å². The number of likely N-dealkylation sites (tertiary alicyclic amines) is 1. The third kappa shape index (κ3) is 5.39. The number of amides is 2. The molecular formula is C22H30N6O3. The van der Waals surface area contributed by atoms with Crippen molar-refractivity contribution in [3.05, 3.63) is 35.3 Å². The number of nitrogens with zero attached hydrogens (tertiary/aromatic N) is 5. The van der Waals surface area contributed by atoms with Crippen molar-refractivity contribution in [1.29, 1.82) is 0 Å². The Kier molecular flexibility index (Phi) is 6.79. The Morgan fingerprint density at radius 3 is 2.77 bits per heavy atom. The number of hydrogen-bond donors (Lipinski definition) is 1. The molecule has 166 valence electrons. The van der Waals surface area contributed by atoms with E-state index in [2.05, 4.69) is 30.1 Å². The molecule has 0 radical (unpaired) electrons. The van der Waals surface area contributed by atoms with Crippen LogP contribution in [0.15, 0.2) is 23.0 Å². The molecule has 4 rings (SSSR count). The Morgan fingerprint density at radius 1 is 1.16 bits per heavy atom. The van der Waals surface area contributed by atoms with Crippen molar-refractivity contribution in [3.8, 4) is 0 Å². The van der Waals surface area contributed by atoms with E-state index in [0.29, 0.717) is 36.5 Å². The SMILES string of the molecule is Cc1nonc1CNC(=O)C[C@@H]1CCCN(C(=O)c2ccnc(N3CCCCC3)c2)C1. The fraction of sp³-hybridized carbons (Fsp3) is 0.591. The lowest BCUT2D eigenvalue weighted by Crippen LogP contribution is -2.41. The zero-order chi connectivity index (χ0) is 21.6. The molecule has 1 N–H and O–H groups in total. The summed E-state index contributed by atoms with van der Waals surface area (Å²) in [5.41, 5.74) is 1.99. The van der Waals surface area contributed by atoms with Gasteiger partial charge in [0.05, 0.1) is 6.54 Å². The number of carbonyl (C=O) groups excluding carboxylic acids is 2. The first kappa shape index (κ1) is 21.3. The molecule has 2 amide bonds. The molecule has 2 aromatic rings. The smallest absolute Gasteiger partial charge is 0.254 e. The maximum atomic E-state index is 13.1. The van der Waals surface area contributed by atoms with Crippen LogP contribution in [0.25, 0.3) is 0 Å². The van der Waals surface area contributed by atoms with Crippen LogP contribution in [0.1, 0.15) is 60.3 Å². The van der Waals surface area contributed by atoms with Crippen LogP contribution in [0.5, 0.6) is 0 Å². The molecule has 0 unspecified atom stereocenters. The van der Waals surface area contributed by atoms with Gasteiger partial charge in [-0.05, 0) is 57.1 Å². The van der Waals surface area contributed by atoms with E-state index < -0.39 is 0 Å². The highest BCUT2D eigenvalue weighted by molar-refractivity contribution is 5.95. The normalized spacial score (nSPS) is 19.3. The average molecular weight is 427 g/mol. The summed E-state index contributed by atoms with van der Waals surface area (Å²) in [5, 5.41) is 10.4. The molecule has 2 aliphatic rings. The van der Waals surface area contributed by atoms with Gasteiger partial charge in [-0.15, -0.1) is 0 Å². The average Bonchev–Trinajstić information content (AvgIpc) is 3.22.